The summed E-state index contributed by atoms with van der Waals surface area (Å²) in [7, 11) is -8.88. The van der Waals surface area contributed by atoms with Crippen LogP contribution in [0.15, 0.2) is 48.5 Å². The summed E-state index contributed by atoms with van der Waals surface area (Å²) in [6.07, 6.45) is 0. The summed E-state index contributed by atoms with van der Waals surface area (Å²) in [6, 6.07) is 9.42. The normalized spacial score (nSPS) is 20.2. The van der Waals surface area contributed by atoms with Gasteiger partial charge in [0.25, 0.3) is 0 Å². The fraction of sp³-hybridized carbons (Fsp3) is 0.552. The molecule has 13 heteroatoms. The second-order valence-corrected chi connectivity index (χ2v) is 15.4. The summed E-state index contributed by atoms with van der Waals surface area (Å²) in [5, 5.41) is -3.82. The molecular formula is C29H40F2N4O5S2. The lowest BCUT2D eigenvalue weighted by molar-refractivity contribution is -0.118. The molecule has 2 saturated heterocycles. The zero-order valence-electron chi connectivity index (χ0n) is 24.5. The van der Waals surface area contributed by atoms with Crippen molar-refractivity contribution in [1.82, 2.24) is 18.4 Å². The minimum Gasteiger partial charge on any atom is -0.298 e. The van der Waals surface area contributed by atoms with Gasteiger partial charge in [0.05, 0.1) is 0 Å². The zero-order chi connectivity index (χ0) is 30.8. The van der Waals surface area contributed by atoms with Gasteiger partial charge in [0.1, 0.15) is 11.6 Å². The number of nitrogens with zero attached hydrogens (tertiary/aromatic N) is 4. The minimum atomic E-state index is -4.44. The van der Waals surface area contributed by atoms with Gasteiger partial charge in [-0.2, -0.15) is 8.61 Å². The van der Waals surface area contributed by atoms with E-state index in [0.717, 1.165) is 24.3 Å². The SMILES string of the molecule is CC(C)N1CCN(S(=O)(=O)C(C(=O)C(c2ccc(F)cc2)S(=O)(=O)N2CCN(C(C)C)CC2)c2ccc(F)cc2)CC1. The summed E-state index contributed by atoms with van der Waals surface area (Å²) >= 11 is 0. The van der Waals surface area contributed by atoms with E-state index in [-0.39, 0.29) is 49.4 Å². The van der Waals surface area contributed by atoms with E-state index in [9.17, 15) is 30.4 Å². The molecular weight excluding hydrogens is 586 g/mol. The molecule has 2 aromatic rings. The van der Waals surface area contributed by atoms with Crippen LogP contribution >= 0.6 is 0 Å². The number of carbonyl (C=O) groups is 1. The molecule has 2 aliphatic rings. The fourth-order valence-corrected chi connectivity index (χ4v) is 9.51. The third-order valence-corrected chi connectivity index (χ3v) is 12.6. The molecule has 0 aliphatic carbocycles. The van der Waals surface area contributed by atoms with Gasteiger partial charge < -0.3 is 0 Å². The first-order valence-corrected chi connectivity index (χ1v) is 17.2. The average Bonchev–Trinajstić information content (AvgIpc) is 2.95. The molecule has 0 N–H and O–H groups in total. The highest BCUT2D eigenvalue weighted by atomic mass is 32.2. The van der Waals surface area contributed by atoms with Crippen molar-refractivity contribution in [3.63, 3.8) is 0 Å². The Hall–Kier alpha value is -2.29. The van der Waals surface area contributed by atoms with E-state index in [1.54, 1.807) is 0 Å². The van der Waals surface area contributed by atoms with Crippen LogP contribution in [-0.4, -0.2) is 105 Å². The predicted molar refractivity (Wildman–Crippen MR) is 158 cm³/mol. The van der Waals surface area contributed by atoms with Gasteiger partial charge >= 0.3 is 0 Å². The first-order chi connectivity index (χ1) is 19.7. The van der Waals surface area contributed by atoms with Crippen LogP contribution in [0.3, 0.4) is 0 Å². The maximum atomic E-state index is 14.5. The topological polar surface area (TPSA) is 98.3 Å². The Kier molecular flexibility index (Phi) is 10.2. The Balaban J connectivity index is 1.79. The minimum absolute atomic E-state index is 0.0281. The van der Waals surface area contributed by atoms with Gasteiger partial charge in [-0.15, -0.1) is 0 Å². The number of ketones is 1. The second-order valence-electron chi connectivity index (χ2n) is 11.4. The number of benzene rings is 2. The molecule has 0 bridgehead atoms. The predicted octanol–water partition coefficient (Wildman–Crippen LogP) is 3.03. The number of sulfonamides is 2. The first-order valence-electron chi connectivity index (χ1n) is 14.2. The molecule has 2 aromatic carbocycles. The molecule has 2 aliphatic heterocycles. The third-order valence-electron chi connectivity index (χ3n) is 8.18. The van der Waals surface area contributed by atoms with Crippen molar-refractivity contribution < 1.29 is 30.4 Å². The van der Waals surface area contributed by atoms with Crippen molar-refractivity contribution in [2.45, 2.75) is 50.3 Å². The molecule has 2 fully saturated rings. The van der Waals surface area contributed by atoms with E-state index in [1.807, 2.05) is 27.7 Å². The Labute approximate surface area is 248 Å². The monoisotopic (exact) mass is 626 g/mol. The third kappa shape index (κ3) is 6.92. The van der Waals surface area contributed by atoms with Gasteiger partial charge in [0, 0.05) is 64.4 Å². The van der Waals surface area contributed by atoms with Crippen LogP contribution in [0.1, 0.15) is 49.3 Å². The van der Waals surface area contributed by atoms with Gasteiger partial charge in [-0.25, -0.2) is 25.6 Å². The van der Waals surface area contributed by atoms with Crippen LogP contribution in [0, 0.1) is 11.6 Å². The number of carbonyl (C=O) groups excluding carboxylic acids is 1. The van der Waals surface area contributed by atoms with Crippen molar-refractivity contribution >= 4 is 25.8 Å². The van der Waals surface area contributed by atoms with Crippen LogP contribution in [0.2, 0.25) is 0 Å². The van der Waals surface area contributed by atoms with E-state index in [2.05, 4.69) is 9.80 Å². The molecule has 0 spiro atoms. The van der Waals surface area contributed by atoms with Crippen molar-refractivity contribution in [2.75, 3.05) is 52.4 Å². The Bertz CT molecular complexity index is 1330. The first kappa shape index (κ1) is 32.6. The van der Waals surface area contributed by atoms with Crippen LogP contribution in [0.5, 0.6) is 0 Å². The number of halogens is 2. The molecule has 0 saturated carbocycles. The van der Waals surface area contributed by atoms with Gasteiger partial charge in [-0.3, -0.25) is 14.6 Å². The van der Waals surface area contributed by atoms with E-state index in [4.69, 9.17) is 0 Å². The highest BCUT2D eigenvalue weighted by Gasteiger charge is 2.49. The van der Waals surface area contributed by atoms with Crippen LogP contribution in [0.4, 0.5) is 8.78 Å². The lowest BCUT2D eigenvalue weighted by Gasteiger charge is -2.39. The van der Waals surface area contributed by atoms with Gasteiger partial charge in [0.2, 0.25) is 20.0 Å². The standard InChI is InChI=1S/C29H40F2N4O5S2/c1-21(2)32-13-17-34(18-14-32)41(37,38)28(23-5-9-25(30)10-6-23)27(36)29(24-7-11-26(31)12-8-24)42(39,40)35-19-15-33(16-20-35)22(3)4/h5-12,21-22,28-29H,13-20H2,1-4H3. The molecule has 232 valence electrons. The van der Waals surface area contributed by atoms with Crippen molar-refractivity contribution in [2.24, 2.45) is 0 Å². The Morgan fingerprint density at radius 3 is 1.12 bits per heavy atom. The summed E-state index contributed by atoms with van der Waals surface area (Å²) < 4.78 is 87.1. The summed E-state index contributed by atoms with van der Waals surface area (Å²) in [4.78, 5) is 18.7. The quantitative estimate of drug-likeness (QED) is 0.400. The summed E-state index contributed by atoms with van der Waals surface area (Å²) in [5.74, 6) is -2.33. The molecule has 2 atom stereocenters. The zero-order valence-corrected chi connectivity index (χ0v) is 26.1. The van der Waals surface area contributed by atoms with Gasteiger partial charge in [0.15, 0.2) is 16.3 Å². The molecule has 4 rings (SSSR count). The molecule has 0 amide bonds. The second kappa shape index (κ2) is 13.1. The average molecular weight is 627 g/mol. The highest BCUT2D eigenvalue weighted by molar-refractivity contribution is 7.91. The molecule has 9 nitrogen and oxygen atoms in total. The van der Waals surface area contributed by atoms with E-state index < -0.39 is 48.0 Å². The largest absolute Gasteiger partial charge is 0.298 e. The molecule has 42 heavy (non-hydrogen) atoms. The summed E-state index contributed by atoms with van der Waals surface area (Å²) in [6.45, 7) is 10.3. The van der Waals surface area contributed by atoms with E-state index in [0.29, 0.717) is 26.2 Å². The Morgan fingerprint density at radius 1 is 0.571 bits per heavy atom. The van der Waals surface area contributed by atoms with Crippen molar-refractivity contribution in [3.05, 3.63) is 71.3 Å². The number of rotatable bonds is 10. The van der Waals surface area contributed by atoms with Crippen molar-refractivity contribution in [3.8, 4) is 0 Å². The molecule has 0 aromatic heterocycles. The smallest absolute Gasteiger partial charge is 0.228 e. The maximum absolute atomic E-state index is 14.5. The Morgan fingerprint density at radius 2 is 0.857 bits per heavy atom. The van der Waals surface area contributed by atoms with Gasteiger partial charge in [-0.05, 0) is 63.1 Å². The fourth-order valence-electron chi connectivity index (χ4n) is 5.63. The summed E-state index contributed by atoms with van der Waals surface area (Å²) in [5.41, 5.74) is -0.0562. The van der Waals surface area contributed by atoms with Gasteiger partial charge in [-0.1, -0.05) is 24.3 Å². The van der Waals surface area contributed by atoms with Crippen molar-refractivity contribution in [1.29, 1.82) is 0 Å². The molecule has 0 radical (unpaired) electrons. The van der Waals surface area contributed by atoms with E-state index in [1.165, 1.54) is 32.9 Å². The lowest BCUT2D eigenvalue weighted by atomic mass is 10.0. The van der Waals surface area contributed by atoms with E-state index >= 15 is 0 Å². The number of hydrogen-bond acceptors (Lipinski definition) is 7. The number of hydrogen-bond donors (Lipinski definition) is 0. The molecule has 2 heterocycles. The highest BCUT2D eigenvalue weighted by Crippen LogP contribution is 2.38. The van der Waals surface area contributed by atoms with Crippen LogP contribution in [0.25, 0.3) is 0 Å². The lowest BCUT2D eigenvalue weighted by Crippen LogP contribution is -2.54. The van der Waals surface area contributed by atoms with Crippen LogP contribution < -0.4 is 0 Å². The maximum Gasteiger partial charge on any atom is 0.228 e. The number of Topliss-reactive ketones (excluding diaryl/α,β-unsaturated/α-hetero) is 1. The number of piperazine rings is 2. The van der Waals surface area contributed by atoms with Crippen LogP contribution in [-0.2, 0) is 24.8 Å². The molecule has 2 unspecified atom stereocenters.